The summed E-state index contributed by atoms with van der Waals surface area (Å²) in [6.45, 7) is 14.2. The molecule has 242 valence electrons. The summed E-state index contributed by atoms with van der Waals surface area (Å²) in [5.41, 5.74) is 2.59. The minimum atomic E-state index is -2.10. The third-order valence-corrected chi connectivity index (χ3v) is 15.3. The van der Waals surface area contributed by atoms with Crippen LogP contribution < -0.4 is 20.7 Å². The maximum absolute atomic E-state index is 14.1. The zero-order chi connectivity index (χ0) is 33.2. The molecule has 0 N–H and O–H groups in total. The normalized spacial score (nSPS) is 13.0. The molecule has 0 aliphatic rings. The first-order chi connectivity index (χ1) is 22.0. The monoisotopic (exact) mass is 654 g/mol. The van der Waals surface area contributed by atoms with Crippen LogP contribution in [-0.2, 0) is 20.5 Å². The highest BCUT2D eigenvalue weighted by molar-refractivity contribution is 7.80. The number of hydrogen-bond donors (Lipinski definition) is 0. The molecule has 0 heterocycles. The summed E-state index contributed by atoms with van der Waals surface area (Å²) in [4.78, 5) is 14.1. The summed E-state index contributed by atoms with van der Waals surface area (Å²) in [6.07, 6.45) is 1.40. The number of benzene rings is 4. The molecule has 0 aliphatic heterocycles. The molecule has 0 aromatic heterocycles. The fourth-order valence-corrected chi connectivity index (χ4v) is 8.11. The molecule has 0 radical (unpaired) electrons. The number of esters is 1. The van der Waals surface area contributed by atoms with Crippen LogP contribution in [0.3, 0.4) is 0 Å². The van der Waals surface area contributed by atoms with E-state index in [2.05, 4.69) is 64.2 Å². The predicted octanol–water partition coefficient (Wildman–Crippen LogP) is 8.16. The number of carbonyl (C=O) groups is 1. The minimum Gasteiger partial charge on any atom is -0.497 e. The van der Waals surface area contributed by atoms with Crippen molar-refractivity contribution in [2.75, 3.05) is 20.3 Å². The van der Waals surface area contributed by atoms with E-state index in [1.807, 2.05) is 91.9 Å². The lowest BCUT2D eigenvalue weighted by atomic mass is 10.2. The zero-order valence-electron chi connectivity index (χ0n) is 28.2. The molecule has 0 unspecified atom stereocenters. The lowest BCUT2D eigenvalue weighted by molar-refractivity contribution is 0.0281. The van der Waals surface area contributed by atoms with Gasteiger partial charge in [-0.2, -0.15) is 0 Å². The van der Waals surface area contributed by atoms with Crippen molar-refractivity contribution in [1.82, 2.24) is 0 Å². The summed E-state index contributed by atoms with van der Waals surface area (Å²) >= 11 is 0. The van der Waals surface area contributed by atoms with Crippen molar-refractivity contribution < 1.29 is 23.4 Å². The van der Waals surface area contributed by atoms with Crippen LogP contribution in [-0.4, -0.2) is 40.7 Å². The first kappa shape index (κ1) is 35.3. The summed E-state index contributed by atoms with van der Waals surface area (Å²) in [6, 6.07) is 36.4. The summed E-state index contributed by atoms with van der Waals surface area (Å²) in [5.74, 6) is 0.454. The third kappa shape index (κ3) is 9.73. The van der Waals surface area contributed by atoms with Crippen LogP contribution in [0.5, 0.6) is 5.75 Å². The molecule has 46 heavy (non-hydrogen) atoms. The summed E-state index contributed by atoms with van der Waals surface area (Å²) in [7, 11) is -1.43. The van der Waals surface area contributed by atoms with Gasteiger partial charge in [0.25, 0.3) is 0 Å². The Morgan fingerprint density at radius 2 is 1.39 bits per heavy atom. The van der Waals surface area contributed by atoms with Gasteiger partial charge in [0.1, 0.15) is 11.9 Å². The van der Waals surface area contributed by atoms with Crippen LogP contribution in [0.25, 0.3) is 0 Å². The van der Waals surface area contributed by atoms with Gasteiger partial charge in [0, 0.05) is 0 Å². The summed E-state index contributed by atoms with van der Waals surface area (Å²) in [5, 5.41) is 3.33. The fourth-order valence-electron chi connectivity index (χ4n) is 4.66. The molecule has 5 nitrogen and oxygen atoms in total. The molecule has 0 fully saturated rings. The van der Waals surface area contributed by atoms with Gasteiger partial charge in [0.2, 0.25) is 0 Å². The van der Waals surface area contributed by atoms with Gasteiger partial charge in [-0.15, -0.1) is 0 Å². The molecule has 0 spiro atoms. The Hall–Kier alpha value is -3.54. The van der Waals surface area contributed by atoms with Gasteiger partial charge in [0.15, 0.2) is 8.32 Å². The van der Waals surface area contributed by atoms with Crippen molar-refractivity contribution in [3.05, 3.63) is 132 Å². The molecule has 0 amide bonds. The SMILES string of the molecule is COc1ccc(COC/C(C)=C/[C@H](CO[Si](C)(C)C(C)(C)C)OC(=O)c2ccccc2P(c2ccccc2)c2ccccc2)cc1. The number of methoxy groups -OCH3 is 1. The van der Waals surface area contributed by atoms with Crippen LogP contribution in [0.15, 0.2) is 121 Å². The largest absolute Gasteiger partial charge is 0.497 e. The van der Waals surface area contributed by atoms with E-state index in [-0.39, 0.29) is 17.6 Å². The lowest BCUT2D eigenvalue weighted by Gasteiger charge is -2.37. The van der Waals surface area contributed by atoms with E-state index in [1.165, 1.54) is 10.6 Å². The van der Waals surface area contributed by atoms with E-state index in [1.54, 1.807) is 7.11 Å². The van der Waals surface area contributed by atoms with Crippen LogP contribution in [0.2, 0.25) is 18.1 Å². The van der Waals surface area contributed by atoms with E-state index < -0.39 is 22.3 Å². The standard InChI is InChI=1S/C39H47O5PSi/c1-30(27-42-28-31-22-24-32(41-5)25-23-31)26-33(29-43-46(6,7)39(2,3)4)44-38(40)36-20-14-15-21-37(36)45(34-16-10-8-11-17-34)35-18-12-9-13-19-35/h8-26,33H,27-29H2,1-7H3/b30-26+/t33-/m1/s1. The predicted molar refractivity (Wildman–Crippen MR) is 194 cm³/mol. The average molecular weight is 655 g/mol. The molecule has 1 atom stereocenters. The number of carbonyl (C=O) groups excluding carboxylic acids is 1. The Morgan fingerprint density at radius 1 is 0.826 bits per heavy atom. The molecule has 4 aromatic rings. The van der Waals surface area contributed by atoms with Crippen LogP contribution >= 0.6 is 7.92 Å². The Bertz CT molecular complexity index is 1520. The van der Waals surface area contributed by atoms with Crippen LogP contribution in [0.1, 0.15) is 43.6 Å². The van der Waals surface area contributed by atoms with Crippen molar-refractivity contribution in [3.8, 4) is 5.75 Å². The quantitative estimate of drug-likeness (QED) is 0.0595. The smallest absolute Gasteiger partial charge is 0.339 e. The van der Waals surface area contributed by atoms with E-state index in [0.29, 0.717) is 18.8 Å². The van der Waals surface area contributed by atoms with Gasteiger partial charge < -0.3 is 18.6 Å². The van der Waals surface area contributed by atoms with Gasteiger partial charge in [-0.3, -0.25) is 0 Å². The molecule has 0 bridgehead atoms. The second-order valence-electron chi connectivity index (χ2n) is 12.9. The molecule has 4 aromatic carbocycles. The number of ether oxygens (including phenoxy) is 3. The Balaban J connectivity index is 1.58. The van der Waals surface area contributed by atoms with Gasteiger partial charge in [-0.1, -0.05) is 112 Å². The molecular weight excluding hydrogens is 607 g/mol. The van der Waals surface area contributed by atoms with Gasteiger partial charge in [0.05, 0.1) is 32.5 Å². The van der Waals surface area contributed by atoms with Gasteiger partial charge in [-0.05, 0) is 84.3 Å². The molecule has 0 saturated carbocycles. The third-order valence-electron chi connectivity index (χ3n) is 8.29. The molecule has 0 saturated heterocycles. The van der Waals surface area contributed by atoms with Gasteiger partial charge >= 0.3 is 5.97 Å². The highest BCUT2D eigenvalue weighted by Gasteiger charge is 2.38. The van der Waals surface area contributed by atoms with E-state index in [9.17, 15) is 4.79 Å². The second-order valence-corrected chi connectivity index (χ2v) is 19.9. The molecular formula is C39H47O5PSi. The lowest BCUT2D eigenvalue weighted by Crippen LogP contribution is -2.43. The van der Waals surface area contributed by atoms with E-state index in [0.717, 1.165) is 22.2 Å². The van der Waals surface area contributed by atoms with Gasteiger partial charge in [-0.25, -0.2) is 4.79 Å². The Morgan fingerprint density at radius 3 is 1.96 bits per heavy atom. The average Bonchev–Trinajstić information content (AvgIpc) is 3.05. The maximum atomic E-state index is 14.1. The molecule has 0 aliphatic carbocycles. The van der Waals surface area contributed by atoms with Crippen molar-refractivity contribution in [3.63, 3.8) is 0 Å². The van der Waals surface area contributed by atoms with E-state index >= 15 is 0 Å². The summed E-state index contributed by atoms with van der Waals surface area (Å²) < 4.78 is 24.1. The van der Waals surface area contributed by atoms with Crippen molar-refractivity contribution >= 4 is 38.1 Å². The topological polar surface area (TPSA) is 54.0 Å². The number of rotatable bonds is 14. The molecule has 4 rings (SSSR count). The van der Waals surface area contributed by atoms with Crippen molar-refractivity contribution in [2.24, 2.45) is 0 Å². The fraction of sp³-hybridized carbons (Fsp3) is 0.308. The van der Waals surface area contributed by atoms with E-state index in [4.69, 9.17) is 18.6 Å². The minimum absolute atomic E-state index is 0.0234. The second kappa shape index (κ2) is 16.3. The molecule has 7 heteroatoms. The van der Waals surface area contributed by atoms with Crippen LogP contribution in [0.4, 0.5) is 0 Å². The Labute approximate surface area is 277 Å². The van der Waals surface area contributed by atoms with Crippen molar-refractivity contribution in [2.45, 2.75) is 58.5 Å². The highest BCUT2D eigenvalue weighted by atomic mass is 31.1. The first-order valence-electron chi connectivity index (χ1n) is 15.7. The number of hydrogen-bond acceptors (Lipinski definition) is 5. The Kier molecular flexibility index (Phi) is 12.5. The zero-order valence-corrected chi connectivity index (χ0v) is 30.1. The van der Waals surface area contributed by atoms with Crippen molar-refractivity contribution in [1.29, 1.82) is 0 Å². The highest BCUT2D eigenvalue weighted by Crippen LogP contribution is 2.37. The first-order valence-corrected chi connectivity index (χ1v) is 20.0. The van der Waals surface area contributed by atoms with Crippen LogP contribution in [0, 0.1) is 0 Å². The maximum Gasteiger partial charge on any atom is 0.339 e.